The molecule has 2 N–H and O–H groups in total. The Bertz CT molecular complexity index is 1030. The molecule has 3 rings (SSSR count). The minimum atomic E-state index is -3.71. The lowest BCUT2D eigenvalue weighted by Gasteiger charge is -2.26. The van der Waals surface area contributed by atoms with Crippen LogP contribution < -0.4 is 10.6 Å². The van der Waals surface area contributed by atoms with Crippen LogP contribution in [0.3, 0.4) is 0 Å². The van der Waals surface area contributed by atoms with Gasteiger partial charge in [0.15, 0.2) is 0 Å². The van der Waals surface area contributed by atoms with Crippen molar-refractivity contribution in [2.45, 2.75) is 18.7 Å². The molecule has 0 radical (unpaired) electrons. The number of nitrogens with zero attached hydrogens (tertiary/aromatic N) is 1. The van der Waals surface area contributed by atoms with Crippen LogP contribution in [0.15, 0.2) is 47.4 Å². The third-order valence-electron chi connectivity index (χ3n) is 4.86. The fourth-order valence-electron chi connectivity index (χ4n) is 3.19. The van der Waals surface area contributed by atoms with Gasteiger partial charge in [0.25, 0.3) is 5.91 Å². The number of anilines is 1. The van der Waals surface area contributed by atoms with Gasteiger partial charge >= 0.3 is 0 Å². The monoisotopic (exact) mass is 431 g/mol. The van der Waals surface area contributed by atoms with Gasteiger partial charge in [-0.05, 0) is 43.2 Å². The lowest BCUT2D eigenvalue weighted by Crippen LogP contribution is -2.40. The van der Waals surface area contributed by atoms with Crippen LogP contribution >= 0.6 is 0 Å². The van der Waals surface area contributed by atoms with E-state index < -0.39 is 15.9 Å². The van der Waals surface area contributed by atoms with E-state index in [0.717, 1.165) is 16.8 Å². The molecule has 2 aromatic carbocycles. The molecular weight excluding hydrogens is 406 g/mol. The Hall–Kier alpha value is -2.75. The van der Waals surface area contributed by atoms with E-state index in [1.165, 1.54) is 28.6 Å². The van der Waals surface area contributed by atoms with Crippen molar-refractivity contribution in [2.24, 2.45) is 0 Å². The molecule has 1 heterocycles. The molecule has 0 atom stereocenters. The van der Waals surface area contributed by atoms with Crippen LogP contribution in [-0.2, 0) is 19.6 Å². The molecule has 2 aromatic rings. The standard InChI is InChI=1S/C21H25N3O5S/c1-15-5-3-6-16(2)20(15)23-19(25)14-22-21(26)17-7-4-8-18(13-17)30(27,28)24-9-11-29-12-10-24/h3-8,13H,9-12,14H2,1-2H3,(H,22,26)(H,23,25). The van der Waals surface area contributed by atoms with Crippen molar-refractivity contribution in [3.63, 3.8) is 0 Å². The second kappa shape index (κ2) is 9.38. The predicted molar refractivity (Wildman–Crippen MR) is 113 cm³/mol. The summed E-state index contributed by atoms with van der Waals surface area (Å²) in [6, 6.07) is 11.5. The van der Waals surface area contributed by atoms with Gasteiger partial charge in [-0.2, -0.15) is 4.31 Å². The SMILES string of the molecule is Cc1cccc(C)c1NC(=O)CNC(=O)c1cccc(S(=O)(=O)N2CCOCC2)c1. The molecule has 2 amide bonds. The molecule has 1 aliphatic heterocycles. The number of nitrogens with one attached hydrogen (secondary N) is 2. The summed E-state index contributed by atoms with van der Waals surface area (Å²) in [5.41, 5.74) is 2.74. The molecule has 0 saturated carbocycles. The highest BCUT2D eigenvalue weighted by atomic mass is 32.2. The Morgan fingerprint density at radius 1 is 1.03 bits per heavy atom. The van der Waals surface area contributed by atoms with Crippen LogP contribution in [0.4, 0.5) is 5.69 Å². The van der Waals surface area contributed by atoms with Gasteiger partial charge in [0.2, 0.25) is 15.9 Å². The quantitative estimate of drug-likeness (QED) is 0.724. The van der Waals surface area contributed by atoms with Gasteiger partial charge in [-0.25, -0.2) is 8.42 Å². The smallest absolute Gasteiger partial charge is 0.251 e. The van der Waals surface area contributed by atoms with Gasteiger partial charge in [0, 0.05) is 24.3 Å². The van der Waals surface area contributed by atoms with Gasteiger partial charge in [0.1, 0.15) is 0 Å². The van der Waals surface area contributed by atoms with E-state index in [4.69, 9.17) is 4.74 Å². The van der Waals surface area contributed by atoms with Gasteiger partial charge in [-0.3, -0.25) is 9.59 Å². The Kier molecular flexibility index (Phi) is 6.86. The first-order valence-corrected chi connectivity index (χ1v) is 11.1. The highest BCUT2D eigenvalue weighted by molar-refractivity contribution is 7.89. The second-order valence-electron chi connectivity index (χ2n) is 7.04. The van der Waals surface area contributed by atoms with Gasteiger partial charge in [-0.1, -0.05) is 24.3 Å². The fourth-order valence-corrected chi connectivity index (χ4v) is 4.65. The van der Waals surface area contributed by atoms with Crippen molar-refractivity contribution in [2.75, 3.05) is 38.2 Å². The van der Waals surface area contributed by atoms with Crippen molar-refractivity contribution in [3.05, 3.63) is 59.2 Å². The Balaban J connectivity index is 1.64. The summed E-state index contributed by atoms with van der Waals surface area (Å²) in [6.45, 7) is 4.79. The molecule has 160 valence electrons. The molecule has 1 aliphatic rings. The summed E-state index contributed by atoms with van der Waals surface area (Å²) < 4.78 is 32.1. The van der Waals surface area contributed by atoms with Crippen LogP contribution in [0, 0.1) is 13.8 Å². The molecule has 1 fully saturated rings. The Labute approximate surface area is 176 Å². The van der Waals surface area contributed by atoms with E-state index in [-0.39, 0.29) is 36.0 Å². The predicted octanol–water partition coefficient (Wildman–Crippen LogP) is 1.69. The molecule has 0 spiro atoms. The van der Waals surface area contributed by atoms with E-state index in [0.29, 0.717) is 13.2 Å². The molecule has 0 unspecified atom stereocenters. The van der Waals surface area contributed by atoms with E-state index >= 15 is 0 Å². The average molecular weight is 432 g/mol. The number of aryl methyl sites for hydroxylation is 2. The van der Waals surface area contributed by atoms with E-state index in [1.807, 2.05) is 32.0 Å². The van der Waals surface area contributed by atoms with Crippen LogP contribution in [0.2, 0.25) is 0 Å². The number of carbonyl (C=O) groups excluding carboxylic acids is 2. The number of morpholine rings is 1. The molecule has 1 saturated heterocycles. The van der Waals surface area contributed by atoms with Crippen molar-refractivity contribution in [1.82, 2.24) is 9.62 Å². The maximum absolute atomic E-state index is 12.8. The number of benzene rings is 2. The molecule has 30 heavy (non-hydrogen) atoms. The van der Waals surface area contributed by atoms with E-state index in [1.54, 1.807) is 0 Å². The zero-order valence-electron chi connectivity index (χ0n) is 17.0. The number of hydrogen-bond acceptors (Lipinski definition) is 5. The molecule has 8 nitrogen and oxygen atoms in total. The first-order chi connectivity index (χ1) is 14.3. The summed E-state index contributed by atoms with van der Waals surface area (Å²) in [5.74, 6) is -0.886. The number of rotatable bonds is 6. The summed E-state index contributed by atoms with van der Waals surface area (Å²) in [5, 5.41) is 5.33. The zero-order valence-corrected chi connectivity index (χ0v) is 17.8. The third-order valence-corrected chi connectivity index (χ3v) is 6.75. The summed E-state index contributed by atoms with van der Waals surface area (Å²) >= 11 is 0. The van der Waals surface area contributed by atoms with Crippen LogP contribution in [0.5, 0.6) is 0 Å². The maximum atomic E-state index is 12.8. The van der Waals surface area contributed by atoms with Crippen LogP contribution in [0.1, 0.15) is 21.5 Å². The molecule has 9 heteroatoms. The lowest BCUT2D eigenvalue weighted by atomic mass is 10.1. The van der Waals surface area contributed by atoms with Crippen LogP contribution in [-0.4, -0.2) is 57.4 Å². The molecular formula is C21H25N3O5S. The molecule has 0 bridgehead atoms. The number of ether oxygens (including phenoxy) is 1. The normalized spacial score (nSPS) is 14.9. The molecule has 0 aromatic heterocycles. The van der Waals surface area contributed by atoms with Crippen molar-refractivity contribution < 1.29 is 22.7 Å². The van der Waals surface area contributed by atoms with E-state index in [9.17, 15) is 18.0 Å². The highest BCUT2D eigenvalue weighted by Gasteiger charge is 2.26. The highest BCUT2D eigenvalue weighted by Crippen LogP contribution is 2.20. The first kappa shape index (κ1) is 21.9. The topological polar surface area (TPSA) is 105 Å². The van der Waals surface area contributed by atoms with Gasteiger partial charge < -0.3 is 15.4 Å². The first-order valence-electron chi connectivity index (χ1n) is 9.61. The minimum absolute atomic E-state index is 0.0389. The average Bonchev–Trinajstić information content (AvgIpc) is 2.75. The Morgan fingerprint density at radius 2 is 1.67 bits per heavy atom. The van der Waals surface area contributed by atoms with Crippen molar-refractivity contribution >= 4 is 27.5 Å². The zero-order chi connectivity index (χ0) is 21.7. The van der Waals surface area contributed by atoms with Gasteiger partial charge in [0.05, 0.1) is 24.7 Å². The third kappa shape index (κ3) is 5.05. The number of para-hydroxylation sites is 1. The number of carbonyl (C=O) groups is 2. The number of sulfonamides is 1. The van der Waals surface area contributed by atoms with Gasteiger partial charge in [-0.15, -0.1) is 0 Å². The summed E-state index contributed by atoms with van der Waals surface area (Å²) in [7, 11) is -3.71. The largest absolute Gasteiger partial charge is 0.379 e. The second-order valence-corrected chi connectivity index (χ2v) is 8.98. The summed E-state index contributed by atoms with van der Waals surface area (Å²) in [6.07, 6.45) is 0. The number of hydrogen-bond donors (Lipinski definition) is 2. The minimum Gasteiger partial charge on any atom is -0.379 e. The van der Waals surface area contributed by atoms with Crippen molar-refractivity contribution in [1.29, 1.82) is 0 Å². The van der Waals surface area contributed by atoms with Crippen LogP contribution in [0.25, 0.3) is 0 Å². The molecule has 0 aliphatic carbocycles. The Morgan fingerprint density at radius 3 is 2.33 bits per heavy atom. The fraction of sp³-hybridized carbons (Fsp3) is 0.333. The number of amides is 2. The van der Waals surface area contributed by atoms with Crippen molar-refractivity contribution in [3.8, 4) is 0 Å². The maximum Gasteiger partial charge on any atom is 0.251 e. The van der Waals surface area contributed by atoms with E-state index in [2.05, 4.69) is 10.6 Å². The lowest BCUT2D eigenvalue weighted by molar-refractivity contribution is -0.115. The summed E-state index contributed by atoms with van der Waals surface area (Å²) in [4.78, 5) is 24.8.